The first-order chi connectivity index (χ1) is 16.2. The molecule has 0 aliphatic carbocycles. The van der Waals surface area contributed by atoms with Crippen LogP contribution in [0.2, 0.25) is 0 Å². The molecule has 0 aromatic heterocycles. The van der Waals surface area contributed by atoms with Crippen LogP contribution < -0.4 is 15.5 Å². The summed E-state index contributed by atoms with van der Waals surface area (Å²) in [5.41, 5.74) is 3.88. The van der Waals surface area contributed by atoms with Crippen molar-refractivity contribution in [2.45, 2.75) is 13.3 Å². The number of nitrogens with zero attached hydrogens (tertiary/aromatic N) is 1. The Bertz CT molecular complexity index is 1260. The zero-order chi connectivity index (χ0) is 23.0. The molecule has 0 saturated heterocycles. The van der Waals surface area contributed by atoms with Crippen molar-refractivity contribution in [2.75, 3.05) is 13.2 Å². The Hall–Kier alpha value is -4.19. The summed E-state index contributed by atoms with van der Waals surface area (Å²) in [5.74, 6) is -0.0373. The number of carbonyl (C=O) groups is 2. The predicted molar refractivity (Wildman–Crippen MR) is 132 cm³/mol. The van der Waals surface area contributed by atoms with E-state index in [0.717, 1.165) is 33.5 Å². The molecule has 2 amide bonds. The highest BCUT2D eigenvalue weighted by Gasteiger charge is 2.09. The van der Waals surface area contributed by atoms with E-state index in [9.17, 15) is 9.59 Å². The zero-order valence-corrected chi connectivity index (χ0v) is 18.4. The van der Waals surface area contributed by atoms with Crippen molar-refractivity contribution in [3.63, 3.8) is 0 Å². The summed E-state index contributed by atoms with van der Waals surface area (Å²) in [6, 6.07) is 25.1. The molecule has 33 heavy (non-hydrogen) atoms. The molecule has 0 bridgehead atoms. The maximum Gasteiger partial charge on any atom is 0.259 e. The molecule has 0 radical (unpaired) electrons. The standard InChI is InChI=1S/C27H25N3O3/c1-2-15-33-22-13-11-19(12-14-22)27(32)28-18-26(31)30-29-17-25-23-9-5-3-7-20(23)16-21-8-4-6-10-24(21)25/h3-14,16-17H,2,15,18H2,1H3,(H,28,32)(H,30,31)/b29-17+. The van der Waals surface area contributed by atoms with Gasteiger partial charge in [-0.15, -0.1) is 0 Å². The van der Waals surface area contributed by atoms with Gasteiger partial charge in [0.1, 0.15) is 5.75 Å². The molecule has 0 atom stereocenters. The fourth-order valence-electron chi connectivity index (χ4n) is 3.58. The van der Waals surface area contributed by atoms with E-state index in [1.54, 1.807) is 30.5 Å². The highest BCUT2D eigenvalue weighted by Crippen LogP contribution is 2.27. The van der Waals surface area contributed by atoms with Gasteiger partial charge in [-0.25, -0.2) is 5.43 Å². The molecule has 4 aromatic carbocycles. The number of hydrogen-bond acceptors (Lipinski definition) is 4. The third-order valence-electron chi connectivity index (χ3n) is 5.19. The SMILES string of the molecule is CCCOc1ccc(C(=O)NCC(=O)N/N=C/c2c3ccccc3cc3ccccc23)cc1. The van der Waals surface area contributed by atoms with Gasteiger partial charge in [0.05, 0.1) is 19.4 Å². The lowest BCUT2D eigenvalue weighted by atomic mass is 9.97. The van der Waals surface area contributed by atoms with Crippen LogP contribution in [0.3, 0.4) is 0 Å². The second-order valence-corrected chi connectivity index (χ2v) is 7.58. The Morgan fingerprint density at radius 3 is 2.18 bits per heavy atom. The molecule has 0 aliphatic rings. The van der Waals surface area contributed by atoms with Gasteiger partial charge in [0, 0.05) is 11.1 Å². The summed E-state index contributed by atoms with van der Waals surface area (Å²) in [5, 5.41) is 11.0. The Kier molecular flexibility index (Phi) is 6.95. The van der Waals surface area contributed by atoms with Gasteiger partial charge in [-0.3, -0.25) is 9.59 Å². The number of amides is 2. The fourth-order valence-corrected chi connectivity index (χ4v) is 3.58. The summed E-state index contributed by atoms with van der Waals surface area (Å²) < 4.78 is 5.51. The maximum atomic E-state index is 12.3. The van der Waals surface area contributed by atoms with E-state index in [0.29, 0.717) is 17.9 Å². The number of benzene rings is 4. The summed E-state index contributed by atoms with van der Waals surface area (Å²) in [6.07, 6.45) is 2.57. The van der Waals surface area contributed by atoms with Crippen LogP contribution in [-0.4, -0.2) is 31.2 Å². The van der Waals surface area contributed by atoms with Crippen LogP contribution in [0.5, 0.6) is 5.75 Å². The van der Waals surface area contributed by atoms with Crippen LogP contribution in [0.1, 0.15) is 29.3 Å². The molecule has 4 rings (SSSR count). The first-order valence-corrected chi connectivity index (χ1v) is 10.9. The Labute approximate surface area is 192 Å². The Morgan fingerprint density at radius 2 is 1.55 bits per heavy atom. The molecular weight excluding hydrogens is 414 g/mol. The topological polar surface area (TPSA) is 79.8 Å². The second-order valence-electron chi connectivity index (χ2n) is 7.58. The number of hydrogen-bond donors (Lipinski definition) is 2. The van der Waals surface area contributed by atoms with Crippen molar-refractivity contribution in [2.24, 2.45) is 5.10 Å². The van der Waals surface area contributed by atoms with E-state index in [1.807, 2.05) is 43.3 Å². The minimum atomic E-state index is -0.410. The zero-order valence-electron chi connectivity index (χ0n) is 18.4. The van der Waals surface area contributed by atoms with Crippen LogP contribution >= 0.6 is 0 Å². The summed E-state index contributed by atoms with van der Waals surface area (Å²) in [6.45, 7) is 2.47. The van der Waals surface area contributed by atoms with Crippen LogP contribution in [0, 0.1) is 0 Å². The lowest BCUT2D eigenvalue weighted by Gasteiger charge is -2.08. The smallest absolute Gasteiger partial charge is 0.259 e. The lowest BCUT2D eigenvalue weighted by Crippen LogP contribution is -2.34. The highest BCUT2D eigenvalue weighted by molar-refractivity contribution is 6.13. The van der Waals surface area contributed by atoms with Crippen molar-refractivity contribution in [3.8, 4) is 5.75 Å². The molecule has 0 heterocycles. The first kappa shape index (κ1) is 22.0. The van der Waals surface area contributed by atoms with Gasteiger partial charge in [-0.2, -0.15) is 5.10 Å². The van der Waals surface area contributed by atoms with E-state index < -0.39 is 5.91 Å². The molecule has 166 valence electrons. The van der Waals surface area contributed by atoms with Crippen LogP contribution in [0.4, 0.5) is 0 Å². The van der Waals surface area contributed by atoms with Crippen molar-refractivity contribution in [3.05, 3.63) is 90.0 Å². The molecule has 0 fully saturated rings. The van der Waals surface area contributed by atoms with Crippen molar-refractivity contribution in [1.29, 1.82) is 0 Å². The molecule has 0 aliphatic heterocycles. The number of ether oxygens (including phenoxy) is 1. The number of carbonyl (C=O) groups excluding carboxylic acids is 2. The first-order valence-electron chi connectivity index (χ1n) is 10.9. The minimum Gasteiger partial charge on any atom is -0.494 e. The Morgan fingerprint density at radius 1 is 0.909 bits per heavy atom. The van der Waals surface area contributed by atoms with E-state index >= 15 is 0 Å². The molecule has 6 heteroatoms. The predicted octanol–water partition coefficient (Wildman–Crippen LogP) is 4.66. The van der Waals surface area contributed by atoms with Gasteiger partial charge in [0.25, 0.3) is 11.8 Å². The normalized spacial score (nSPS) is 11.1. The average molecular weight is 440 g/mol. The van der Waals surface area contributed by atoms with Gasteiger partial charge in [0.15, 0.2) is 0 Å². The molecule has 0 spiro atoms. The second kappa shape index (κ2) is 10.4. The molecule has 4 aromatic rings. The molecule has 0 saturated carbocycles. The van der Waals surface area contributed by atoms with Gasteiger partial charge < -0.3 is 10.1 Å². The van der Waals surface area contributed by atoms with Crippen LogP contribution in [0.25, 0.3) is 21.5 Å². The summed E-state index contributed by atoms with van der Waals surface area (Å²) >= 11 is 0. The maximum absolute atomic E-state index is 12.3. The van der Waals surface area contributed by atoms with E-state index in [-0.39, 0.29) is 12.5 Å². The largest absolute Gasteiger partial charge is 0.494 e. The van der Waals surface area contributed by atoms with Crippen molar-refractivity contribution >= 4 is 39.6 Å². The van der Waals surface area contributed by atoms with Crippen molar-refractivity contribution in [1.82, 2.24) is 10.7 Å². The highest BCUT2D eigenvalue weighted by atomic mass is 16.5. The Balaban J connectivity index is 1.38. The van der Waals surface area contributed by atoms with Crippen LogP contribution in [0.15, 0.2) is 84.0 Å². The molecule has 6 nitrogen and oxygen atoms in total. The van der Waals surface area contributed by atoms with Crippen LogP contribution in [-0.2, 0) is 4.79 Å². The van der Waals surface area contributed by atoms with Gasteiger partial charge in [0.2, 0.25) is 0 Å². The minimum absolute atomic E-state index is 0.180. The van der Waals surface area contributed by atoms with Gasteiger partial charge >= 0.3 is 0 Å². The number of nitrogens with one attached hydrogen (secondary N) is 2. The number of fused-ring (bicyclic) bond motifs is 2. The third-order valence-corrected chi connectivity index (χ3v) is 5.19. The van der Waals surface area contributed by atoms with Crippen molar-refractivity contribution < 1.29 is 14.3 Å². The molecular formula is C27H25N3O3. The third kappa shape index (κ3) is 5.36. The van der Waals surface area contributed by atoms with E-state index in [2.05, 4.69) is 34.0 Å². The summed E-state index contributed by atoms with van der Waals surface area (Å²) in [4.78, 5) is 24.5. The number of rotatable bonds is 8. The average Bonchev–Trinajstić information content (AvgIpc) is 2.86. The van der Waals surface area contributed by atoms with Gasteiger partial charge in [-0.05, 0) is 58.3 Å². The molecule has 0 unspecified atom stereocenters. The lowest BCUT2D eigenvalue weighted by molar-refractivity contribution is -0.120. The monoisotopic (exact) mass is 439 g/mol. The van der Waals surface area contributed by atoms with E-state index in [4.69, 9.17) is 4.74 Å². The number of hydrazone groups is 1. The summed E-state index contributed by atoms with van der Waals surface area (Å²) in [7, 11) is 0. The molecule has 2 N–H and O–H groups in total. The quantitative estimate of drug-likeness (QED) is 0.238. The van der Waals surface area contributed by atoms with Gasteiger partial charge in [-0.1, -0.05) is 55.5 Å². The van der Waals surface area contributed by atoms with E-state index in [1.165, 1.54) is 0 Å². The fraction of sp³-hybridized carbons (Fsp3) is 0.148.